The van der Waals surface area contributed by atoms with E-state index in [1.807, 2.05) is 12.2 Å². The molecule has 0 spiro atoms. The summed E-state index contributed by atoms with van der Waals surface area (Å²) in [4.78, 5) is -0.143. The standard InChI is InChI=1S/C9H13Cl.C9H18.ClH.Zr/c1-2-3-6-9(10)7-4-5-8-9;1-2-3-6-9-7-4-5-8-9;;/h4-5,7-8H,2-3,6H2,1H3;9H,2-8H2,1H3;1H;/p-1. The molecule has 0 radical (unpaired) electrons. The van der Waals surface area contributed by atoms with Gasteiger partial charge >= 0.3 is 0 Å². The smallest absolute Gasteiger partial charge is 0.0812 e. The van der Waals surface area contributed by atoms with E-state index in [1.165, 1.54) is 57.8 Å². The van der Waals surface area contributed by atoms with E-state index in [0.717, 1.165) is 12.3 Å². The summed E-state index contributed by atoms with van der Waals surface area (Å²) >= 11 is 6.18. The summed E-state index contributed by atoms with van der Waals surface area (Å²) in [6.45, 7) is 4.47. The van der Waals surface area contributed by atoms with Crippen LogP contribution < -0.4 is 12.4 Å². The number of unbranched alkanes of at least 4 members (excludes halogenated alkanes) is 2. The van der Waals surface area contributed by atoms with Gasteiger partial charge in [0.15, 0.2) is 0 Å². The summed E-state index contributed by atoms with van der Waals surface area (Å²) in [6, 6.07) is 0. The normalized spacial score (nSPS) is 18.6. The van der Waals surface area contributed by atoms with Crippen LogP contribution in [0.2, 0.25) is 0 Å². The third kappa shape index (κ3) is 11.2. The van der Waals surface area contributed by atoms with E-state index in [-0.39, 0.29) is 43.5 Å². The van der Waals surface area contributed by atoms with Gasteiger partial charge in [0.2, 0.25) is 0 Å². The quantitative estimate of drug-likeness (QED) is 0.588. The number of rotatable bonds is 6. The van der Waals surface area contributed by atoms with Gasteiger partial charge in [0, 0.05) is 26.2 Å². The molecule has 2 aliphatic carbocycles. The molecule has 0 aliphatic heterocycles. The van der Waals surface area contributed by atoms with Crippen LogP contribution in [0.3, 0.4) is 0 Å². The molecule has 0 aromatic rings. The van der Waals surface area contributed by atoms with Crippen molar-refractivity contribution in [1.82, 2.24) is 0 Å². The first-order valence-electron chi connectivity index (χ1n) is 8.26. The molecule has 0 nitrogen and oxygen atoms in total. The Hall–Kier alpha value is 0.943. The van der Waals surface area contributed by atoms with E-state index in [2.05, 4.69) is 26.0 Å². The predicted molar refractivity (Wildman–Crippen MR) is 87.9 cm³/mol. The van der Waals surface area contributed by atoms with Crippen LogP contribution >= 0.6 is 11.6 Å². The third-order valence-corrected chi connectivity index (χ3v) is 4.65. The first kappa shape index (κ1) is 24.2. The minimum atomic E-state index is -0.143. The molecule has 0 aromatic carbocycles. The summed E-state index contributed by atoms with van der Waals surface area (Å²) in [5.41, 5.74) is 0. The molecule has 0 atom stereocenters. The van der Waals surface area contributed by atoms with Crippen LogP contribution in [0.4, 0.5) is 0 Å². The molecule has 122 valence electrons. The molecule has 1 saturated carbocycles. The first-order valence-corrected chi connectivity index (χ1v) is 8.64. The summed E-state index contributed by atoms with van der Waals surface area (Å²) < 4.78 is 0. The number of halogens is 2. The zero-order valence-electron chi connectivity index (χ0n) is 13.7. The van der Waals surface area contributed by atoms with Gasteiger partial charge in [-0.15, -0.1) is 11.6 Å². The summed E-state index contributed by atoms with van der Waals surface area (Å²) in [7, 11) is 0. The molecule has 21 heavy (non-hydrogen) atoms. The van der Waals surface area contributed by atoms with E-state index < -0.39 is 0 Å². The molecule has 3 heteroatoms. The topological polar surface area (TPSA) is 0 Å². The van der Waals surface area contributed by atoms with Crippen LogP contribution in [-0.2, 0) is 26.2 Å². The second-order valence-electron chi connectivity index (χ2n) is 6.04. The predicted octanol–water partition coefficient (Wildman–Crippen LogP) is 3.65. The maximum absolute atomic E-state index is 6.18. The van der Waals surface area contributed by atoms with Gasteiger partial charge in [0.05, 0.1) is 4.87 Å². The molecule has 1 fully saturated rings. The molecule has 2 rings (SSSR count). The Labute approximate surface area is 162 Å². The Balaban J connectivity index is 0. The fraction of sp³-hybridized carbons (Fsp3) is 0.778. The summed E-state index contributed by atoms with van der Waals surface area (Å²) in [5.74, 6) is 1.12. The van der Waals surface area contributed by atoms with E-state index in [4.69, 9.17) is 11.6 Å². The van der Waals surface area contributed by atoms with Crippen LogP contribution in [-0.4, -0.2) is 4.87 Å². The SMILES string of the molecule is CCCCC1(Cl)C=CC=C1.CCCCC1CCCC1.[Cl-].[Zr]. The van der Waals surface area contributed by atoms with Crippen molar-refractivity contribution >= 4 is 11.6 Å². The average Bonchev–Trinajstić information content (AvgIpc) is 3.07. The summed E-state index contributed by atoms with van der Waals surface area (Å²) in [6.07, 6.45) is 22.1. The van der Waals surface area contributed by atoms with Crippen LogP contribution in [0.1, 0.15) is 78.1 Å². The fourth-order valence-electron chi connectivity index (χ4n) is 2.89. The van der Waals surface area contributed by atoms with E-state index >= 15 is 0 Å². The molecule has 2 aliphatic rings. The van der Waals surface area contributed by atoms with Gasteiger partial charge in [-0.25, -0.2) is 0 Å². The van der Waals surface area contributed by atoms with E-state index in [0.29, 0.717) is 0 Å². The van der Waals surface area contributed by atoms with Gasteiger partial charge < -0.3 is 12.4 Å². The van der Waals surface area contributed by atoms with Crippen molar-refractivity contribution in [3.05, 3.63) is 24.3 Å². The largest absolute Gasteiger partial charge is 1.00 e. The Morgan fingerprint density at radius 2 is 1.52 bits per heavy atom. The Bertz CT molecular complexity index is 269. The second-order valence-corrected chi connectivity index (χ2v) is 6.74. The maximum atomic E-state index is 6.18. The van der Waals surface area contributed by atoms with Gasteiger partial charge in [-0.2, -0.15) is 0 Å². The van der Waals surface area contributed by atoms with Crippen LogP contribution in [0.25, 0.3) is 0 Å². The van der Waals surface area contributed by atoms with Crippen molar-refractivity contribution < 1.29 is 38.6 Å². The molecule has 0 bridgehead atoms. The maximum Gasteiger partial charge on any atom is 0.0812 e. The third-order valence-electron chi connectivity index (χ3n) is 4.21. The van der Waals surface area contributed by atoms with Gasteiger partial charge in [0.25, 0.3) is 0 Å². The molecule has 0 aromatic heterocycles. The molecule has 0 N–H and O–H groups in total. The Morgan fingerprint density at radius 1 is 1.00 bits per heavy atom. The van der Waals surface area contributed by atoms with Crippen LogP contribution in [0.15, 0.2) is 24.3 Å². The Morgan fingerprint density at radius 3 is 2.00 bits per heavy atom. The van der Waals surface area contributed by atoms with Crippen molar-refractivity contribution in [2.24, 2.45) is 5.92 Å². The van der Waals surface area contributed by atoms with Gasteiger partial charge in [-0.3, -0.25) is 0 Å². The molecule has 0 unspecified atom stereocenters. The molecular weight excluding hydrogens is 378 g/mol. The average molecular weight is 410 g/mol. The van der Waals surface area contributed by atoms with Crippen molar-refractivity contribution in [1.29, 1.82) is 0 Å². The molecule has 0 amide bonds. The molecular formula is C18H31Cl2Zr-. The fourth-order valence-corrected chi connectivity index (χ4v) is 3.17. The monoisotopic (exact) mass is 407 g/mol. The number of alkyl halides is 1. The number of allylic oxidation sites excluding steroid dienone is 4. The van der Waals surface area contributed by atoms with E-state index in [9.17, 15) is 0 Å². The van der Waals surface area contributed by atoms with E-state index in [1.54, 1.807) is 0 Å². The van der Waals surface area contributed by atoms with Gasteiger partial charge in [-0.1, -0.05) is 95.9 Å². The van der Waals surface area contributed by atoms with Crippen molar-refractivity contribution in [2.45, 2.75) is 82.9 Å². The van der Waals surface area contributed by atoms with Crippen molar-refractivity contribution in [3.63, 3.8) is 0 Å². The minimum Gasteiger partial charge on any atom is -1.00 e. The second kappa shape index (κ2) is 14.5. The zero-order valence-corrected chi connectivity index (χ0v) is 17.7. The van der Waals surface area contributed by atoms with Crippen molar-refractivity contribution in [2.75, 3.05) is 0 Å². The first-order chi connectivity index (χ1) is 9.20. The molecule has 0 heterocycles. The van der Waals surface area contributed by atoms with Crippen LogP contribution in [0.5, 0.6) is 0 Å². The van der Waals surface area contributed by atoms with Crippen molar-refractivity contribution in [3.8, 4) is 0 Å². The van der Waals surface area contributed by atoms with Crippen LogP contribution in [0, 0.1) is 5.92 Å². The minimum absolute atomic E-state index is 0. The Kier molecular flexibility index (Phi) is 16.7. The number of hydrogen-bond acceptors (Lipinski definition) is 0. The zero-order chi connectivity index (χ0) is 14.0. The number of hydrogen-bond donors (Lipinski definition) is 0. The molecule has 0 saturated heterocycles. The van der Waals surface area contributed by atoms with Gasteiger partial charge in [0.1, 0.15) is 0 Å². The van der Waals surface area contributed by atoms with Gasteiger partial charge in [-0.05, 0) is 12.3 Å². The summed E-state index contributed by atoms with van der Waals surface area (Å²) in [5, 5.41) is 0.